The molecule has 0 aliphatic heterocycles. The van der Waals surface area contributed by atoms with Gasteiger partial charge in [0.25, 0.3) is 0 Å². The second kappa shape index (κ2) is 5.35. The number of hydrogen-bond acceptors (Lipinski definition) is 2. The molecule has 0 aliphatic carbocycles. The maximum absolute atomic E-state index is 10.8. The third-order valence-corrected chi connectivity index (χ3v) is 2.99. The number of rotatable bonds is 6. The van der Waals surface area contributed by atoms with Crippen molar-refractivity contribution in [2.24, 2.45) is 17.6 Å². The van der Waals surface area contributed by atoms with E-state index in [1.54, 1.807) is 6.92 Å². The van der Waals surface area contributed by atoms with Crippen LogP contribution in [0.1, 0.15) is 47.0 Å². The fourth-order valence-corrected chi connectivity index (χ4v) is 1.60. The molecular weight excluding hydrogens is 178 g/mol. The number of aliphatic carboxylic acids is 1. The van der Waals surface area contributed by atoms with Crippen LogP contribution in [-0.2, 0) is 4.79 Å². The van der Waals surface area contributed by atoms with Gasteiger partial charge in [-0.2, -0.15) is 0 Å². The molecule has 3 nitrogen and oxygen atoms in total. The van der Waals surface area contributed by atoms with Crippen molar-refractivity contribution in [3.05, 3.63) is 0 Å². The molecule has 0 rings (SSSR count). The smallest absolute Gasteiger partial charge is 0.323 e. The van der Waals surface area contributed by atoms with E-state index in [4.69, 9.17) is 10.8 Å². The van der Waals surface area contributed by atoms with E-state index in [9.17, 15) is 4.79 Å². The van der Waals surface area contributed by atoms with E-state index in [0.717, 1.165) is 12.8 Å². The topological polar surface area (TPSA) is 63.3 Å². The van der Waals surface area contributed by atoms with Gasteiger partial charge in [-0.1, -0.05) is 27.2 Å². The minimum absolute atomic E-state index is 0.555. The Kier molecular flexibility index (Phi) is 5.13. The number of carbonyl (C=O) groups is 1. The Morgan fingerprint density at radius 3 is 2.29 bits per heavy atom. The third-order valence-electron chi connectivity index (χ3n) is 2.99. The van der Waals surface area contributed by atoms with E-state index in [0.29, 0.717) is 18.3 Å². The summed E-state index contributed by atoms with van der Waals surface area (Å²) in [6.07, 6.45) is 2.54. The molecule has 3 heteroatoms. The lowest BCUT2D eigenvalue weighted by Crippen LogP contribution is -2.45. The predicted molar refractivity (Wildman–Crippen MR) is 58.1 cm³/mol. The highest BCUT2D eigenvalue weighted by atomic mass is 16.4. The molecule has 0 fully saturated rings. The summed E-state index contributed by atoms with van der Waals surface area (Å²) in [6.45, 7) is 8.06. The Morgan fingerprint density at radius 2 is 2.00 bits per heavy atom. The quantitative estimate of drug-likeness (QED) is 0.692. The van der Waals surface area contributed by atoms with Crippen molar-refractivity contribution in [1.29, 1.82) is 0 Å². The van der Waals surface area contributed by atoms with E-state index in [-0.39, 0.29) is 0 Å². The molecule has 0 bridgehead atoms. The van der Waals surface area contributed by atoms with Crippen molar-refractivity contribution < 1.29 is 9.90 Å². The summed E-state index contributed by atoms with van der Waals surface area (Å²) >= 11 is 0. The van der Waals surface area contributed by atoms with Gasteiger partial charge in [-0.15, -0.1) is 0 Å². The summed E-state index contributed by atoms with van der Waals surface area (Å²) in [7, 11) is 0. The normalized spacial score (nSPS) is 17.9. The molecule has 0 saturated heterocycles. The standard InChI is InChI=1S/C11H23NO2/c1-5-9(8(2)3)6-7-11(4,12)10(13)14/h8-9H,5-7,12H2,1-4H3,(H,13,14). The van der Waals surface area contributed by atoms with E-state index in [1.165, 1.54) is 0 Å². The fraction of sp³-hybridized carbons (Fsp3) is 0.909. The van der Waals surface area contributed by atoms with Crippen LogP contribution >= 0.6 is 0 Å². The van der Waals surface area contributed by atoms with Gasteiger partial charge < -0.3 is 10.8 Å². The molecule has 0 heterocycles. The average Bonchev–Trinajstić information content (AvgIpc) is 2.04. The second-order valence-electron chi connectivity index (χ2n) is 4.67. The van der Waals surface area contributed by atoms with E-state index in [2.05, 4.69) is 20.8 Å². The van der Waals surface area contributed by atoms with Crippen molar-refractivity contribution in [3.63, 3.8) is 0 Å². The summed E-state index contributed by atoms with van der Waals surface area (Å²) in [4.78, 5) is 10.8. The van der Waals surface area contributed by atoms with Crippen molar-refractivity contribution in [1.82, 2.24) is 0 Å². The van der Waals surface area contributed by atoms with Crippen LogP contribution < -0.4 is 5.73 Å². The molecule has 0 aromatic rings. The Hall–Kier alpha value is -0.570. The predicted octanol–water partition coefficient (Wildman–Crippen LogP) is 2.25. The van der Waals surface area contributed by atoms with Crippen LogP contribution in [0, 0.1) is 11.8 Å². The first-order valence-corrected chi connectivity index (χ1v) is 5.33. The van der Waals surface area contributed by atoms with Gasteiger partial charge in [-0.3, -0.25) is 4.79 Å². The summed E-state index contributed by atoms with van der Waals surface area (Å²) in [6, 6.07) is 0. The Morgan fingerprint density at radius 1 is 1.50 bits per heavy atom. The molecule has 3 N–H and O–H groups in total. The molecule has 2 atom stereocenters. The van der Waals surface area contributed by atoms with Crippen LogP contribution in [0.25, 0.3) is 0 Å². The molecule has 0 aromatic heterocycles. The largest absolute Gasteiger partial charge is 0.480 e. The van der Waals surface area contributed by atoms with Crippen molar-refractivity contribution in [2.45, 2.75) is 52.5 Å². The van der Waals surface area contributed by atoms with Crippen molar-refractivity contribution in [2.75, 3.05) is 0 Å². The van der Waals surface area contributed by atoms with Gasteiger partial charge in [0.1, 0.15) is 5.54 Å². The van der Waals surface area contributed by atoms with Crippen LogP contribution in [0.3, 0.4) is 0 Å². The molecule has 14 heavy (non-hydrogen) atoms. The summed E-state index contributed by atoms with van der Waals surface area (Å²) in [5, 5.41) is 8.84. The van der Waals surface area contributed by atoms with Crippen LogP contribution in [-0.4, -0.2) is 16.6 Å². The maximum atomic E-state index is 10.8. The van der Waals surface area contributed by atoms with Gasteiger partial charge in [-0.25, -0.2) is 0 Å². The highest BCUT2D eigenvalue weighted by Crippen LogP contribution is 2.23. The lowest BCUT2D eigenvalue weighted by molar-refractivity contribution is -0.143. The number of carboxylic acids is 1. The number of nitrogens with two attached hydrogens (primary N) is 1. The Labute approximate surface area is 86.7 Å². The van der Waals surface area contributed by atoms with Gasteiger partial charge in [0.2, 0.25) is 0 Å². The van der Waals surface area contributed by atoms with Gasteiger partial charge >= 0.3 is 5.97 Å². The first kappa shape index (κ1) is 13.4. The van der Waals surface area contributed by atoms with Crippen molar-refractivity contribution >= 4 is 5.97 Å². The zero-order chi connectivity index (χ0) is 11.4. The second-order valence-corrected chi connectivity index (χ2v) is 4.67. The lowest BCUT2D eigenvalue weighted by Gasteiger charge is -2.24. The van der Waals surface area contributed by atoms with Gasteiger partial charge in [-0.05, 0) is 31.6 Å². The van der Waals surface area contributed by atoms with Gasteiger partial charge in [0, 0.05) is 0 Å². The number of carboxylic acid groups (broad SMARTS) is 1. The first-order chi connectivity index (χ1) is 6.31. The third kappa shape index (κ3) is 4.09. The molecule has 0 radical (unpaired) electrons. The minimum atomic E-state index is -1.07. The Bertz CT molecular complexity index is 188. The first-order valence-electron chi connectivity index (χ1n) is 5.33. The van der Waals surface area contributed by atoms with E-state index in [1.807, 2.05) is 0 Å². The monoisotopic (exact) mass is 201 g/mol. The molecule has 0 aliphatic rings. The maximum Gasteiger partial charge on any atom is 0.323 e. The zero-order valence-electron chi connectivity index (χ0n) is 9.71. The van der Waals surface area contributed by atoms with Crippen LogP contribution in [0.2, 0.25) is 0 Å². The van der Waals surface area contributed by atoms with Crippen molar-refractivity contribution in [3.8, 4) is 0 Å². The fourth-order valence-electron chi connectivity index (χ4n) is 1.60. The van der Waals surface area contributed by atoms with Gasteiger partial charge in [0.05, 0.1) is 0 Å². The zero-order valence-corrected chi connectivity index (χ0v) is 9.71. The summed E-state index contributed by atoms with van der Waals surface area (Å²) < 4.78 is 0. The molecule has 0 amide bonds. The highest BCUT2D eigenvalue weighted by Gasteiger charge is 2.28. The SMILES string of the molecule is CCC(CCC(C)(N)C(=O)O)C(C)C. The Balaban J connectivity index is 4.09. The molecule has 0 saturated carbocycles. The summed E-state index contributed by atoms with van der Waals surface area (Å²) in [5.41, 5.74) is 4.60. The molecule has 0 aromatic carbocycles. The van der Waals surface area contributed by atoms with Crippen LogP contribution in [0.4, 0.5) is 0 Å². The average molecular weight is 201 g/mol. The molecular formula is C11H23NO2. The van der Waals surface area contributed by atoms with E-state index < -0.39 is 11.5 Å². The molecule has 84 valence electrons. The number of hydrogen-bond donors (Lipinski definition) is 2. The highest BCUT2D eigenvalue weighted by molar-refractivity contribution is 5.77. The lowest BCUT2D eigenvalue weighted by atomic mass is 9.84. The molecule has 2 unspecified atom stereocenters. The van der Waals surface area contributed by atoms with E-state index >= 15 is 0 Å². The van der Waals surface area contributed by atoms with Gasteiger partial charge in [0.15, 0.2) is 0 Å². The summed E-state index contributed by atoms with van der Waals surface area (Å²) in [5.74, 6) is 0.276. The molecule has 0 spiro atoms. The van der Waals surface area contributed by atoms with Crippen LogP contribution in [0.15, 0.2) is 0 Å². The minimum Gasteiger partial charge on any atom is -0.480 e. The van der Waals surface area contributed by atoms with Crippen LogP contribution in [0.5, 0.6) is 0 Å².